The van der Waals surface area contributed by atoms with Crippen LogP contribution in [0.2, 0.25) is 0 Å². The van der Waals surface area contributed by atoms with Gasteiger partial charge in [-0.05, 0) is 43.6 Å². The Labute approximate surface area is 124 Å². The second-order valence-electron chi connectivity index (χ2n) is 6.65. The van der Waals surface area contributed by atoms with E-state index in [1.807, 2.05) is 0 Å². The van der Waals surface area contributed by atoms with Crippen LogP contribution in [0.25, 0.3) is 0 Å². The molecule has 0 aromatic heterocycles. The third-order valence-electron chi connectivity index (χ3n) is 4.90. The fourth-order valence-corrected chi connectivity index (χ4v) is 3.45. The quantitative estimate of drug-likeness (QED) is 0.694. The second kappa shape index (κ2) is 9.38. The highest BCUT2D eigenvalue weighted by molar-refractivity contribution is 5.66. The van der Waals surface area contributed by atoms with Crippen molar-refractivity contribution < 1.29 is 9.90 Å². The van der Waals surface area contributed by atoms with Crippen LogP contribution in [0.15, 0.2) is 0 Å². The molecule has 0 aromatic rings. The zero-order valence-corrected chi connectivity index (χ0v) is 13.6. The van der Waals surface area contributed by atoms with Crippen LogP contribution < -0.4 is 0 Å². The molecule has 0 aromatic carbocycles. The standard InChI is InChI=1S/C17H33NO2/c1-4-6-8-15(5-2)12-18-10-7-9-16(13-18)14(3)11-17(19)20/h14-16H,4-13H2,1-3H3,(H,19,20). The van der Waals surface area contributed by atoms with Gasteiger partial charge in [0, 0.05) is 19.5 Å². The average Bonchev–Trinajstić information content (AvgIpc) is 2.43. The number of likely N-dealkylation sites (tertiary alicyclic amines) is 1. The van der Waals surface area contributed by atoms with Gasteiger partial charge in [-0.1, -0.05) is 40.0 Å². The topological polar surface area (TPSA) is 40.5 Å². The highest BCUT2D eigenvalue weighted by Gasteiger charge is 2.26. The van der Waals surface area contributed by atoms with Crippen molar-refractivity contribution in [3.05, 3.63) is 0 Å². The Bertz CT molecular complexity index is 280. The van der Waals surface area contributed by atoms with E-state index in [-0.39, 0.29) is 0 Å². The Kier molecular flexibility index (Phi) is 8.20. The van der Waals surface area contributed by atoms with Crippen LogP contribution in [0.3, 0.4) is 0 Å². The van der Waals surface area contributed by atoms with Crippen molar-refractivity contribution in [2.45, 2.75) is 65.7 Å². The van der Waals surface area contributed by atoms with Gasteiger partial charge in [0.15, 0.2) is 0 Å². The number of aliphatic carboxylic acids is 1. The Morgan fingerprint density at radius 3 is 2.75 bits per heavy atom. The summed E-state index contributed by atoms with van der Waals surface area (Å²) in [5.74, 6) is 1.06. The summed E-state index contributed by atoms with van der Waals surface area (Å²) in [6.45, 7) is 10.2. The molecule has 0 bridgehead atoms. The molecule has 0 radical (unpaired) electrons. The fourth-order valence-electron chi connectivity index (χ4n) is 3.45. The van der Waals surface area contributed by atoms with Gasteiger partial charge in [-0.25, -0.2) is 0 Å². The van der Waals surface area contributed by atoms with Gasteiger partial charge in [-0.15, -0.1) is 0 Å². The molecular weight excluding hydrogens is 250 g/mol. The van der Waals surface area contributed by atoms with Gasteiger partial charge in [0.25, 0.3) is 0 Å². The van der Waals surface area contributed by atoms with Crippen LogP contribution in [0.5, 0.6) is 0 Å². The van der Waals surface area contributed by atoms with Crippen molar-refractivity contribution >= 4 is 5.97 Å². The van der Waals surface area contributed by atoms with Crippen molar-refractivity contribution in [1.82, 2.24) is 4.90 Å². The van der Waals surface area contributed by atoms with E-state index in [4.69, 9.17) is 5.11 Å². The number of nitrogens with zero attached hydrogens (tertiary/aromatic N) is 1. The molecule has 1 aliphatic rings. The highest BCUT2D eigenvalue weighted by Crippen LogP contribution is 2.27. The molecule has 118 valence electrons. The monoisotopic (exact) mass is 283 g/mol. The Morgan fingerprint density at radius 1 is 1.40 bits per heavy atom. The maximum absolute atomic E-state index is 10.9. The number of carboxylic acids is 1. The smallest absolute Gasteiger partial charge is 0.303 e. The van der Waals surface area contributed by atoms with Gasteiger partial charge in [-0.3, -0.25) is 4.79 Å². The lowest BCUT2D eigenvalue weighted by molar-refractivity contribution is -0.138. The summed E-state index contributed by atoms with van der Waals surface area (Å²) in [6, 6.07) is 0. The number of hydrogen-bond acceptors (Lipinski definition) is 2. The lowest BCUT2D eigenvalue weighted by Crippen LogP contribution is -2.40. The van der Waals surface area contributed by atoms with E-state index < -0.39 is 5.97 Å². The number of carboxylic acid groups (broad SMARTS) is 1. The van der Waals surface area contributed by atoms with Crippen LogP contribution in [-0.4, -0.2) is 35.6 Å². The first-order valence-corrected chi connectivity index (χ1v) is 8.50. The molecule has 3 nitrogen and oxygen atoms in total. The fraction of sp³-hybridized carbons (Fsp3) is 0.941. The predicted octanol–water partition coefficient (Wildman–Crippen LogP) is 4.03. The minimum Gasteiger partial charge on any atom is -0.481 e. The van der Waals surface area contributed by atoms with E-state index in [1.54, 1.807) is 0 Å². The van der Waals surface area contributed by atoms with Crippen molar-refractivity contribution in [3.8, 4) is 0 Å². The van der Waals surface area contributed by atoms with Gasteiger partial charge < -0.3 is 10.0 Å². The van der Waals surface area contributed by atoms with E-state index >= 15 is 0 Å². The molecule has 0 aliphatic carbocycles. The number of piperidine rings is 1. The molecule has 1 N–H and O–H groups in total. The number of unbranched alkanes of at least 4 members (excludes halogenated alkanes) is 1. The van der Waals surface area contributed by atoms with E-state index in [9.17, 15) is 4.79 Å². The molecule has 3 atom stereocenters. The summed E-state index contributed by atoms with van der Waals surface area (Å²) in [4.78, 5) is 13.5. The summed E-state index contributed by atoms with van der Waals surface area (Å²) in [5, 5.41) is 8.95. The first-order chi connectivity index (χ1) is 9.56. The molecule has 0 amide bonds. The molecule has 0 spiro atoms. The molecule has 0 saturated carbocycles. The van der Waals surface area contributed by atoms with Crippen LogP contribution in [0, 0.1) is 17.8 Å². The van der Waals surface area contributed by atoms with Crippen LogP contribution in [0.1, 0.15) is 65.7 Å². The Hall–Kier alpha value is -0.570. The number of rotatable bonds is 9. The minimum absolute atomic E-state index is 0.311. The average molecular weight is 283 g/mol. The maximum Gasteiger partial charge on any atom is 0.303 e. The molecule has 1 fully saturated rings. The van der Waals surface area contributed by atoms with Crippen molar-refractivity contribution in [2.75, 3.05) is 19.6 Å². The molecule has 20 heavy (non-hydrogen) atoms. The van der Waals surface area contributed by atoms with Gasteiger partial charge in [0.05, 0.1) is 0 Å². The van der Waals surface area contributed by atoms with Crippen LogP contribution in [-0.2, 0) is 4.79 Å². The van der Waals surface area contributed by atoms with Gasteiger partial charge >= 0.3 is 5.97 Å². The first kappa shape index (κ1) is 17.5. The molecule has 3 unspecified atom stereocenters. The summed E-state index contributed by atoms with van der Waals surface area (Å²) in [5.41, 5.74) is 0. The van der Waals surface area contributed by atoms with Gasteiger partial charge in [0.2, 0.25) is 0 Å². The zero-order valence-electron chi connectivity index (χ0n) is 13.6. The van der Waals surface area contributed by atoms with Crippen LogP contribution >= 0.6 is 0 Å². The SMILES string of the molecule is CCCCC(CC)CN1CCCC(C(C)CC(=O)O)C1. The predicted molar refractivity (Wildman–Crippen MR) is 83.9 cm³/mol. The van der Waals surface area contributed by atoms with E-state index in [2.05, 4.69) is 25.7 Å². The lowest BCUT2D eigenvalue weighted by atomic mass is 9.84. The highest BCUT2D eigenvalue weighted by atomic mass is 16.4. The Balaban J connectivity index is 2.41. The third-order valence-corrected chi connectivity index (χ3v) is 4.90. The second-order valence-corrected chi connectivity index (χ2v) is 6.65. The number of carbonyl (C=O) groups is 1. The van der Waals surface area contributed by atoms with Gasteiger partial charge in [0.1, 0.15) is 0 Å². The van der Waals surface area contributed by atoms with E-state index in [0.29, 0.717) is 18.3 Å². The van der Waals surface area contributed by atoms with Crippen molar-refractivity contribution in [2.24, 2.45) is 17.8 Å². The van der Waals surface area contributed by atoms with Gasteiger partial charge in [-0.2, -0.15) is 0 Å². The van der Waals surface area contributed by atoms with E-state index in [0.717, 1.165) is 12.5 Å². The lowest BCUT2D eigenvalue weighted by Gasteiger charge is -2.37. The Morgan fingerprint density at radius 2 is 2.15 bits per heavy atom. The summed E-state index contributed by atoms with van der Waals surface area (Å²) >= 11 is 0. The van der Waals surface area contributed by atoms with Crippen molar-refractivity contribution in [3.63, 3.8) is 0 Å². The molecule has 1 heterocycles. The summed E-state index contributed by atoms with van der Waals surface area (Å²) in [7, 11) is 0. The molecule has 1 saturated heterocycles. The molecular formula is C17H33NO2. The van der Waals surface area contributed by atoms with E-state index in [1.165, 1.54) is 51.6 Å². The molecule has 1 aliphatic heterocycles. The third kappa shape index (κ3) is 6.25. The largest absolute Gasteiger partial charge is 0.481 e. The number of hydrogen-bond donors (Lipinski definition) is 1. The van der Waals surface area contributed by atoms with Crippen molar-refractivity contribution in [1.29, 1.82) is 0 Å². The summed E-state index contributed by atoms with van der Waals surface area (Å²) in [6.07, 6.45) is 8.01. The zero-order chi connectivity index (χ0) is 15.0. The summed E-state index contributed by atoms with van der Waals surface area (Å²) < 4.78 is 0. The normalized spacial score (nSPS) is 23.4. The minimum atomic E-state index is -0.649. The van der Waals surface area contributed by atoms with Crippen LogP contribution in [0.4, 0.5) is 0 Å². The molecule has 3 heteroatoms. The maximum atomic E-state index is 10.9. The molecule has 1 rings (SSSR count). The first-order valence-electron chi connectivity index (χ1n) is 8.50.